The van der Waals surface area contributed by atoms with Crippen LogP contribution < -0.4 is 4.90 Å². The van der Waals surface area contributed by atoms with E-state index in [1.165, 1.54) is 0 Å². The highest BCUT2D eigenvalue weighted by Crippen LogP contribution is 2.62. The molecular weight excluding hydrogens is 1030 g/mol. The Kier molecular flexibility index (Phi) is 11.3. The maximum absolute atomic E-state index is 17.2. The first kappa shape index (κ1) is 50.3. The van der Waals surface area contributed by atoms with Crippen molar-refractivity contribution in [2.45, 2.75) is 30.1 Å². The number of fused-ring (bicyclic) bond motifs is 9. The Balaban J connectivity index is 1.17. The summed E-state index contributed by atoms with van der Waals surface area (Å²) in [7, 11) is 0. The van der Waals surface area contributed by atoms with Crippen LogP contribution in [-0.4, -0.2) is 0 Å². The molecule has 0 fully saturated rings. The van der Waals surface area contributed by atoms with Crippen LogP contribution in [0.5, 0.6) is 0 Å². The minimum absolute atomic E-state index is 0.137. The van der Waals surface area contributed by atoms with Crippen molar-refractivity contribution in [3.05, 3.63) is 314 Å². The van der Waals surface area contributed by atoms with Gasteiger partial charge in [0, 0.05) is 27.9 Å². The number of hydrogen-bond donors (Lipinski definition) is 0. The number of hydrogen-bond acceptors (Lipinski definition) is 1. The van der Waals surface area contributed by atoms with Gasteiger partial charge in [0.1, 0.15) is 0 Å². The lowest BCUT2D eigenvalue weighted by atomic mass is 9.67. The fourth-order valence-electron chi connectivity index (χ4n) is 13.3. The number of benzene rings is 10. The smallest absolute Gasteiger partial charge is 0.200 e. The molecule has 2 unspecified atom stereocenters. The highest BCUT2D eigenvalue weighted by molar-refractivity contribution is 5.95. The molecule has 13 rings (SSSR count). The van der Waals surface area contributed by atoms with Gasteiger partial charge in [-0.25, -0.2) is 43.9 Å². The number of rotatable bonds is 9. The zero-order valence-electron chi connectivity index (χ0n) is 42.5. The monoisotopic (exact) mass is 1070 g/mol. The third-order valence-corrected chi connectivity index (χ3v) is 16.7. The van der Waals surface area contributed by atoms with E-state index in [4.69, 9.17) is 0 Å². The summed E-state index contributed by atoms with van der Waals surface area (Å²) >= 11 is 0. The molecule has 0 spiro atoms. The molecule has 11 heteroatoms. The van der Waals surface area contributed by atoms with Gasteiger partial charge in [0.2, 0.25) is 11.6 Å². The lowest BCUT2D eigenvalue weighted by Gasteiger charge is -2.37. The minimum Gasteiger partial charge on any atom is -0.310 e. The summed E-state index contributed by atoms with van der Waals surface area (Å²) in [5.41, 5.74) is 1.21. The molecule has 0 N–H and O–H groups in total. The van der Waals surface area contributed by atoms with Crippen LogP contribution in [0, 0.1) is 58.2 Å². The average molecular weight is 1070 g/mol. The van der Waals surface area contributed by atoms with E-state index in [-0.39, 0.29) is 33.4 Å². The Morgan fingerprint density at radius 3 is 1.06 bits per heavy atom. The van der Waals surface area contributed by atoms with Crippen LogP contribution in [0.4, 0.5) is 61.0 Å². The maximum atomic E-state index is 17.2. The molecule has 0 heterocycles. The molecule has 2 atom stereocenters. The first-order valence-electron chi connectivity index (χ1n) is 25.5. The van der Waals surface area contributed by atoms with Crippen molar-refractivity contribution in [2.24, 2.45) is 0 Å². The van der Waals surface area contributed by atoms with Crippen LogP contribution in [0.1, 0.15) is 80.6 Å². The van der Waals surface area contributed by atoms with E-state index in [9.17, 15) is 0 Å². The summed E-state index contributed by atoms with van der Waals surface area (Å²) in [6.45, 7) is 11.8. The number of halogens is 10. The zero-order chi connectivity index (χ0) is 55.9. The van der Waals surface area contributed by atoms with Gasteiger partial charge in [-0.15, -0.1) is 0 Å². The predicted octanol–water partition coefficient (Wildman–Crippen LogP) is 18.9. The quantitative estimate of drug-likeness (QED) is 0.0791. The molecule has 3 aliphatic carbocycles. The predicted molar refractivity (Wildman–Crippen MR) is 293 cm³/mol. The Labute approximate surface area is 453 Å². The average Bonchev–Trinajstić information content (AvgIpc) is 4.25. The minimum atomic E-state index is -2.33. The summed E-state index contributed by atoms with van der Waals surface area (Å²) < 4.78 is 163. The standard InChI is InChI=1S/C69H41F10N/c1-5-36-22-26-38(27-23-36)68(55-57(70)61(74)65(78)62(75)58(55)71)49-19-11-8-14-42(49)45-32-30-40(34-51(45)68)80(53-21-13-17-47-44-16-7-10-18-48(44)67(3,4)54(47)53)41-31-33-46-43-15-9-12-20-50(43)69(52(46)35-41,39-28-24-37(6-2)25-29-39)56-59(72)63(76)66(79)64(77)60(56)73/h5-35H,1-2H2,3-4H3. The van der Waals surface area contributed by atoms with Crippen molar-refractivity contribution < 1.29 is 43.9 Å². The maximum Gasteiger partial charge on any atom is 0.200 e. The summed E-state index contributed by atoms with van der Waals surface area (Å²) in [5, 5.41) is 0. The summed E-state index contributed by atoms with van der Waals surface area (Å²) in [5.74, 6) is -21.4. The fourth-order valence-corrected chi connectivity index (χ4v) is 13.3. The molecule has 80 heavy (non-hydrogen) atoms. The Bertz CT molecular complexity index is 4050. The second kappa shape index (κ2) is 17.9. The van der Waals surface area contributed by atoms with Crippen LogP contribution >= 0.6 is 0 Å². The molecule has 10 aromatic carbocycles. The number of nitrogens with zero attached hydrogens (tertiary/aromatic N) is 1. The van der Waals surface area contributed by atoms with Crippen molar-refractivity contribution in [1.29, 1.82) is 0 Å². The zero-order valence-corrected chi connectivity index (χ0v) is 42.5. The molecule has 0 amide bonds. The molecule has 392 valence electrons. The molecule has 0 aliphatic heterocycles. The van der Waals surface area contributed by atoms with E-state index in [0.717, 1.165) is 22.3 Å². The van der Waals surface area contributed by atoms with Crippen LogP contribution in [0.3, 0.4) is 0 Å². The summed E-state index contributed by atoms with van der Waals surface area (Å²) in [4.78, 5) is 1.84. The van der Waals surface area contributed by atoms with Crippen LogP contribution in [-0.2, 0) is 16.2 Å². The Morgan fingerprint density at radius 2 is 0.662 bits per heavy atom. The van der Waals surface area contributed by atoms with E-state index < -0.39 is 85.5 Å². The largest absolute Gasteiger partial charge is 0.310 e. The van der Waals surface area contributed by atoms with Crippen molar-refractivity contribution in [1.82, 2.24) is 0 Å². The Hall–Kier alpha value is -9.22. The molecule has 0 radical (unpaired) electrons. The fraction of sp³-hybridized carbons (Fsp3) is 0.0725. The van der Waals surface area contributed by atoms with E-state index in [1.54, 1.807) is 146 Å². The second-order valence-corrected chi connectivity index (χ2v) is 20.8. The van der Waals surface area contributed by atoms with Gasteiger partial charge in [0.25, 0.3) is 0 Å². The van der Waals surface area contributed by atoms with Gasteiger partial charge in [0.05, 0.1) is 16.5 Å². The summed E-state index contributed by atoms with van der Waals surface area (Å²) in [6.07, 6.45) is 3.09. The van der Waals surface area contributed by atoms with Crippen molar-refractivity contribution in [3.8, 4) is 33.4 Å². The van der Waals surface area contributed by atoms with E-state index in [2.05, 4.69) is 27.0 Å². The normalized spacial score (nSPS) is 16.8. The van der Waals surface area contributed by atoms with Gasteiger partial charge in [-0.05, 0) is 119 Å². The van der Waals surface area contributed by atoms with Crippen LogP contribution in [0.15, 0.2) is 189 Å². The van der Waals surface area contributed by atoms with E-state index in [1.807, 2.05) is 47.4 Å². The molecular formula is C69H41F10N. The van der Waals surface area contributed by atoms with Gasteiger partial charge in [0.15, 0.2) is 46.5 Å². The van der Waals surface area contributed by atoms with Crippen molar-refractivity contribution in [3.63, 3.8) is 0 Å². The first-order valence-corrected chi connectivity index (χ1v) is 25.5. The topological polar surface area (TPSA) is 3.24 Å². The van der Waals surface area contributed by atoms with Gasteiger partial charge >= 0.3 is 0 Å². The van der Waals surface area contributed by atoms with Crippen molar-refractivity contribution >= 4 is 29.2 Å². The molecule has 1 nitrogen and oxygen atoms in total. The molecule has 0 aromatic heterocycles. The lowest BCUT2D eigenvalue weighted by molar-refractivity contribution is 0.363. The third kappa shape index (κ3) is 6.54. The van der Waals surface area contributed by atoms with Gasteiger partial charge in [-0.2, -0.15) is 0 Å². The molecule has 10 aromatic rings. The molecule has 0 saturated carbocycles. The highest BCUT2D eigenvalue weighted by Gasteiger charge is 2.54. The second-order valence-electron chi connectivity index (χ2n) is 20.8. The SMILES string of the molecule is C=Cc1ccc(C2(c3c(F)c(F)c(F)c(F)c3F)c3ccccc3-c3ccc(N(c4ccc5c(c4)C(c4ccc(C=C)cc4)(c4c(F)c(F)c(F)c(F)c4F)c4ccccc4-5)c4cccc5c4C(C)(C)c4ccccc4-5)cc32)cc1. The molecule has 3 aliphatic rings. The number of anilines is 3. The van der Waals surface area contributed by atoms with Crippen LogP contribution in [0.2, 0.25) is 0 Å². The lowest BCUT2D eigenvalue weighted by Crippen LogP contribution is -2.33. The first-order chi connectivity index (χ1) is 38.5. The van der Waals surface area contributed by atoms with Gasteiger partial charge < -0.3 is 4.90 Å². The highest BCUT2D eigenvalue weighted by atomic mass is 19.2. The van der Waals surface area contributed by atoms with Gasteiger partial charge in [-0.3, -0.25) is 0 Å². The molecule has 0 saturated heterocycles. The molecule has 0 bridgehead atoms. The third-order valence-electron chi connectivity index (χ3n) is 16.7. The van der Waals surface area contributed by atoms with Crippen molar-refractivity contribution in [2.75, 3.05) is 4.90 Å². The Morgan fingerprint density at radius 1 is 0.325 bits per heavy atom. The van der Waals surface area contributed by atoms with Gasteiger partial charge in [-0.1, -0.05) is 185 Å². The summed E-state index contributed by atoms with van der Waals surface area (Å²) in [6, 6.07) is 49.8. The van der Waals surface area contributed by atoms with E-state index in [0.29, 0.717) is 50.4 Å². The van der Waals surface area contributed by atoms with Crippen LogP contribution in [0.25, 0.3) is 45.5 Å². The van der Waals surface area contributed by atoms with E-state index >= 15 is 43.9 Å².